The van der Waals surface area contributed by atoms with Gasteiger partial charge in [-0.2, -0.15) is 0 Å². The lowest BCUT2D eigenvalue weighted by Crippen LogP contribution is -2.32. The Morgan fingerprint density at radius 2 is 2.36 bits per heavy atom. The zero-order valence-corrected chi connectivity index (χ0v) is 7.90. The molecular weight excluding hydrogens is 182 g/mol. The van der Waals surface area contributed by atoms with Gasteiger partial charge in [0.25, 0.3) is 0 Å². The molecule has 0 spiro atoms. The molecule has 5 heteroatoms. The van der Waals surface area contributed by atoms with Crippen LogP contribution < -0.4 is 11.5 Å². The third-order valence-electron chi connectivity index (χ3n) is 1.90. The number of nitrogens with zero attached hydrogens (tertiary/aromatic N) is 1. The van der Waals surface area contributed by atoms with Crippen LogP contribution in [-0.4, -0.2) is 22.1 Å². The van der Waals surface area contributed by atoms with Crippen LogP contribution >= 0.6 is 0 Å². The van der Waals surface area contributed by atoms with Crippen molar-refractivity contribution in [2.75, 3.05) is 5.73 Å². The van der Waals surface area contributed by atoms with Gasteiger partial charge in [0.2, 0.25) is 0 Å². The summed E-state index contributed by atoms with van der Waals surface area (Å²) in [4.78, 5) is 14.4. The smallest absolute Gasteiger partial charge is 0.320 e. The molecule has 1 heterocycles. The molecule has 1 rings (SSSR count). The summed E-state index contributed by atoms with van der Waals surface area (Å²) in [6.45, 7) is 1.86. The van der Waals surface area contributed by atoms with Crippen molar-refractivity contribution in [1.29, 1.82) is 0 Å². The van der Waals surface area contributed by atoms with E-state index in [1.54, 1.807) is 12.3 Å². The molecule has 5 N–H and O–H groups in total. The first kappa shape index (κ1) is 10.5. The number of pyridine rings is 1. The molecular formula is C9H13N3O2. The summed E-state index contributed by atoms with van der Waals surface area (Å²) in [6.07, 6.45) is 1.83. The molecule has 0 radical (unpaired) electrons. The van der Waals surface area contributed by atoms with E-state index in [1.165, 1.54) is 0 Å². The lowest BCUT2D eigenvalue weighted by atomic mass is 10.1. The van der Waals surface area contributed by atoms with Crippen LogP contribution in [0.4, 0.5) is 5.82 Å². The second-order valence-corrected chi connectivity index (χ2v) is 3.21. The van der Waals surface area contributed by atoms with Gasteiger partial charge in [0.15, 0.2) is 0 Å². The largest absolute Gasteiger partial charge is 0.480 e. The number of aryl methyl sites for hydroxylation is 1. The number of carboxylic acid groups (broad SMARTS) is 1. The van der Waals surface area contributed by atoms with Crippen molar-refractivity contribution < 1.29 is 9.90 Å². The summed E-state index contributed by atoms with van der Waals surface area (Å²) in [7, 11) is 0. The maximum atomic E-state index is 10.5. The molecule has 1 aromatic heterocycles. The molecule has 0 bridgehead atoms. The highest BCUT2D eigenvalue weighted by atomic mass is 16.4. The van der Waals surface area contributed by atoms with Crippen LogP contribution in [0.5, 0.6) is 0 Å². The summed E-state index contributed by atoms with van der Waals surface area (Å²) in [5.41, 5.74) is 12.6. The number of aromatic nitrogens is 1. The van der Waals surface area contributed by atoms with Crippen LogP contribution in [0.25, 0.3) is 0 Å². The molecule has 5 nitrogen and oxygen atoms in total. The van der Waals surface area contributed by atoms with E-state index >= 15 is 0 Å². The Balaban J connectivity index is 2.85. The predicted octanol–water partition coefficient (Wildman–Crippen LogP) is -0.0734. The van der Waals surface area contributed by atoms with E-state index in [0.717, 1.165) is 5.56 Å². The van der Waals surface area contributed by atoms with Gasteiger partial charge in [0.1, 0.15) is 11.9 Å². The van der Waals surface area contributed by atoms with Crippen molar-refractivity contribution in [1.82, 2.24) is 4.98 Å². The monoisotopic (exact) mass is 195 g/mol. The molecule has 0 aliphatic carbocycles. The Hall–Kier alpha value is -1.62. The highest BCUT2D eigenvalue weighted by Crippen LogP contribution is 2.11. The Morgan fingerprint density at radius 3 is 2.93 bits per heavy atom. The van der Waals surface area contributed by atoms with Gasteiger partial charge in [-0.1, -0.05) is 6.07 Å². The number of hydrogen-bond acceptors (Lipinski definition) is 4. The topological polar surface area (TPSA) is 102 Å². The van der Waals surface area contributed by atoms with E-state index in [1.807, 2.05) is 6.92 Å². The molecule has 0 aromatic carbocycles. The van der Waals surface area contributed by atoms with Crippen LogP contribution in [-0.2, 0) is 11.2 Å². The van der Waals surface area contributed by atoms with E-state index in [4.69, 9.17) is 16.6 Å². The first-order valence-corrected chi connectivity index (χ1v) is 4.20. The van der Waals surface area contributed by atoms with Crippen molar-refractivity contribution in [3.63, 3.8) is 0 Å². The Kier molecular flexibility index (Phi) is 3.03. The third-order valence-corrected chi connectivity index (χ3v) is 1.90. The standard InChI is InChI=1S/C9H13N3O2/c1-5-2-6(8(11)12-4-5)3-7(10)9(13)14/h2,4,7H,3,10H2,1H3,(H2,11,12)(H,13,14)/t7-/m1/s1. The summed E-state index contributed by atoms with van der Waals surface area (Å²) in [6, 6.07) is 0.867. The lowest BCUT2D eigenvalue weighted by molar-refractivity contribution is -0.138. The van der Waals surface area contributed by atoms with Crippen LogP contribution in [0.3, 0.4) is 0 Å². The van der Waals surface area contributed by atoms with E-state index < -0.39 is 12.0 Å². The second-order valence-electron chi connectivity index (χ2n) is 3.21. The average molecular weight is 195 g/mol. The zero-order valence-electron chi connectivity index (χ0n) is 7.90. The maximum absolute atomic E-state index is 10.5. The molecule has 76 valence electrons. The van der Waals surface area contributed by atoms with Gasteiger partial charge in [0, 0.05) is 12.6 Å². The SMILES string of the molecule is Cc1cnc(N)c(C[C@@H](N)C(=O)O)c1. The van der Waals surface area contributed by atoms with Gasteiger partial charge in [-0.05, 0) is 18.1 Å². The van der Waals surface area contributed by atoms with Crippen molar-refractivity contribution >= 4 is 11.8 Å². The first-order chi connectivity index (χ1) is 6.50. The van der Waals surface area contributed by atoms with E-state index in [2.05, 4.69) is 4.98 Å². The summed E-state index contributed by atoms with van der Waals surface area (Å²) < 4.78 is 0. The normalized spacial score (nSPS) is 12.4. The van der Waals surface area contributed by atoms with Crippen molar-refractivity contribution in [2.24, 2.45) is 5.73 Å². The summed E-state index contributed by atoms with van der Waals surface area (Å²) in [5.74, 6) is -0.696. The Morgan fingerprint density at radius 1 is 1.71 bits per heavy atom. The second kappa shape index (κ2) is 4.06. The predicted molar refractivity (Wildman–Crippen MR) is 52.7 cm³/mol. The van der Waals surface area contributed by atoms with Gasteiger partial charge < -0.3 is 16.6 Å². The zero-order chi connectivity index (χ0) is 10.7. The van der Waals surface area contributed by atoms with Gasteiger partial charge in [-0.3, -0.25) is 4.79 Å². The molecule has 0 fully saturated rings. The lowest BCUT2D eigenvalue weighted by Gasteiger charge is -2.08. The fourth-order valence-corrected chi connectivity index (χ4v) is 1.13. The first-order valence-electron chi connectivity index (χ1n) is 4.20. The molecule has 0 saturated heterocycles. The molecule has 0 amide bonds. The number of hydrogen-bond donors (Lipinski definition) is 3. The highest BCUT2D eigenvalue weighted by molar-refractivity contribution is 5.73. The molecule has 0 aliphatic heterocycles. The number of nitrogens with two attached hydrogens (primary N) is 2. The van der Waals surface area contributed by atoms with Crippen LogP contribution in [0.15, 0.2) is 12.3 Å². The van der Waals surface area contributed by atoms with Gasteiger partial charge in [-0.15, -0.1) is 0 Å². The van der Waals surface area contributed by atoms with Gasteiger partial charge in [0.05, 0.1) is 0 Å². The summed E-state index contributed by atoms with van der Waals surface area (Å²) in [5, 5.41) is 8.62. The summed E-state index contributed by atoms with van der Waals surface area (Å²) >= 11 is 0. The van der Waals surface area contributed by atoms with Crippen LogP contribution in [0, 0.1) is 6.92 Å². The number of carbonyl (C=O) groups is 1. The molecule has 1 aromatic rings. The molecule has 0 aliphatic rings. The molecule has 14 heavy (non-hydrogen) atoms. The van der Waals surface area contributed by atoms with Gasteiger partial charge >= 0.3 is 5.97 Å². The number of anilines is 1. The van der Waals surface area contributed by atoms with Crippen molar-refractivity contribution in [3.8, 4) is 0 Å². The average Bonchev–Trinajstić information content (AvgIpc) is 2.11. The minimum absolute atomic E-state index is 0.204. The molecule has 0 unspecified atom stereocenters. The molecule has 0 saturated carbocycles. The van der Waals surface area contributed by atoms with Gasteiger partial charge in [-0.25, -0.2) is 4.98 Å². The number of nitrogen functional groups attached to an aromatic ring is 1. The quantitative estimate of drug-likeness (QED) is 0.626. The van der Waals surface area contributed by atoms with E-state index in [0.29, 0.717) is 11.4 Å². The Labute approximate surface area is 81.7 Å². The minimum atomic E-state index is -1.04. The van der Waals surface area contributed by atoms with Crippen molar-refractivity contribution in [2.45, 2.75) is 19.4 Å². The van der Waals surface area contributed by atoms with E-state index in [9.17, 15) is 4.79 Å². The fraction of sp³-hybridized carbons (Fsp3) is 0.333. The Bertz CT molecular complexity index is 352. The maximum Gasteiger partial charge on any atom is 0.320 e. The number of rotatable bonds is 3. The van der Waals surface area contributed by atoms with E-state index in [-0.39, 0.29) is 6.42 Å². The number of aliphatic carboxylic acids is 1. The fourth-order valence-electron chi connectivity index (χ4n) is 1.13. The van der Waals surface area contributed by atoms with Crippen LogP contribution in [0.1, 0.15) is 11.1 Å². The van der Waals surface area contributed by atoms with Crippen molar-refractivity contribution in [3.05, 3.63) is 23.4 Å². The van der Waals surface area contributed by atoms with Crippen LogP contribution in [0.2, 0.25) is 0 Å². The number of carboxylic acids is 1. The highest BCUT2D eigenvalue weighted by Gasteiger charge is 2.14. The minimum Gasteiger partial charge on any atom is -0.480 e. The molecule has 1 atom stereocenters. The third kappa shape index (κ3) is 2.43.